The lowest BCUT2D eigenvalue weighted by atomic mass is 9.91. The molecule has 0 radical (unpaired) electrons. The number of phenolic OH excluding ortho intramolecular Hbond substituents is 3. The zero-order valence-electron chi connectivity index (χ0n) is 30.8. The molecule has 3 aromatic heterocycles. The minimum absolute atomic E-state index is 0.123. The average Bonchev–Trinajstić information content (AvgIpc) is 4.03. The van der Waals surface area contributed by atoms with Crippen molar-refractivity contribution in [3.05, 3.63) is 114 Å². The Bertz CT molecular complexity index is 2290. The van der Waals surface area contributed by atoms with Gasteiger partial charge in [0.25, 0.3) is 0 Å². The topological polar surface area (TPSA) is 239 Å². The third-order valence-electron chi connectivity index (χ3n) is 10.8. The largest absolute Gasteiger partial charge is 0.508 e. The van der Waals surface area contributed by atoms with E-state index in [1.807, 2.05) is 35.2 Å². The monoisotopic (exact) mass is 776 g/mol. The number of imidazole rings is 1. The lowest BCUT2D eigenvalue weighted by Crippen LogP contribution is -2.43. The van der Waals surface area contributed by atoms with E-state index in [2.05, 4.69) is 21.0 Å². The van der Waals surface area contributed by atoms with Crippen molar-refractivity contribution in [3.63, 3.8) is 0 Å². The number of anilines is 2. The molecule has 17 heteroatoms. The number of phenols is 3. The quantitative estimate of drug-likeness (QED) is 0.0870. The Balaban J connectivity index is 1.08. The zero-order chi connectivity index (χ0) is 39.6. The second-order valence-corrected chi connectivity index (χ2v) is 14.6. The van der Waals surface area contributed by atoms with E-state index < -0.39 is 24.3 Å². The number of aliphatic hydroxyl groups excluding tert-OH is 3. The third-order valence-corrected chi connectivity index (χ3v) is 10.8. The molecule has 17 nitrogen and oxygen atoms in total. The smallest absolute Gasteiger partial charge is 0.315 e. The minimum atomic E-state index is -1.18. The molecule has 2 amide bonds. The summed E-state index contributed by atoms with van der Waals surface area (Å²) in [6.45, 7) is 1.35. The molecule has 296 valence electrons. The Hall–Kier alpha value is -6.43. The highest BCUT2D eigenvalue weighted by atomic mass is 16.3. The fourth-order valence-corrected chi connectivity index (χ4v) is 7.76. The van der Waals surface area contributed by atoms with Gasteiger partial charge in [-0.25, -0.2) is 9.78 Å². The summed E-state index contributed by atoms with van der Waals surface area (Å²) in [6, 6.07) is 18.8. The van der Waals surface area contributed by atoms with E-state index in [1.54, 1.807) is 64.2 Å². The number of carbonyl (C=O) groups is 1. The van der Waals surface area contributed by atoms with Gasteiger partial charge in [-0.05, 0) is 65.9 Å². The zero-order valence-corrected chi connectivity index (χ0v) is 30.8. The first-order valence-corrected chi connectivity index (χ1v) is 18.8. The molecule has 57 heavy (non-hydrogen) atoms. The van der Waals surface area contributed by atoms with E-state index in [-0.39, 0.29) is 48.4 Å². The minimum Gasteiger partial charge on any atom is -0.508 e. The van der Waals surface area contributed by atoms with Crippen molar-refractivity contribution < 1.29 is 35.4 Å². The summed E-state index contributed by atoms with van der Waals surface area (Å²) in [5, 5.41) is 75.6. The highest BCUT2D eigenvalue weighted by molar-refractivity contribution is 5.84. The summed E-state index contributed by atoms with van der Waals surface area (Å²) in [7, 11) is 0. The number of aromatic nitrogens is 6. The number of fused-ring (bicyclic) bond motifs is 1. The molecule has 0 spiro atoms. The summed E-state index contributed by atoms with van der Waals surface area (Å²) in [5.41, 5.74) is 4.06. The molecule has 4 heterocycles. The van der Waals surface area contributed by atoms with Crippen LogP contribution >= 0.6 is 0 Å². The van der Waals surface area contributed by atoms with E-state index in [0.717, 1.165) is 16.7 Å². The summed E-state index contributed by atoms with van der Waals surface area (Å²) < 4.78 is 3.32. The lowest BCUT2D eigenvalue weighted by molar-refractivity contribution is 0.00720. The maximum absolute atomic E-state index is 12.9. The summed E-state index contributed by atoms with van der Waals surface area (Å²) in [4.78, 5) is 29.5. The van der Waals surface area contributed by atoms with Crippen LogP contribution in [0, 0.1) is 0 Å². The molecule has 3 aromatic carbocycles. The Labute approximate surface area is 326 Å². The Kier molecular flexibility index (Phi) is 10.5. The van der Waals surface area contributed by atoms with E-state index in [1.165, 1.54) is 6.20 Å². The van der Waals surface area contributed by atoms with Gasteiger partial charge in [-0.15, -0.1) is 0 Å². The van der Waals surface area contributed by atoms with Gasteiger partial charge in [0.2, 0.25) is 5.95 Å². The first-order valence-electron chi connectivity index (χ1n) is 18.8. The number of aliphatic hydroxyl groups is 3. The number of urea groups is 1. The highest BCUT2D eigenvalue weighted by Crippen LogP contribution is 2.40. The molecular formula is C40H44N10O7. The number of nitrogens with zero attached hydrogens (tertiary/aromatic N) is 7. The van der Waals surface area contributed by atoms with Crippen LogP contribution in [-0.4, -0.2) is 104 Å². The molecule has 1 aliphatic carbocycles. The molecule has 8 rings (SSSR count). The molecule has 1 unspecified atom stereocenters. The highest BCUT2D eigenvalue weighted by Gasteiger charge is 2.44. The number of amides is 2. The van der Waals surface area contributed by atoms with Crippen LogP contribution < -0.4 is 20.9 Å². The Morgan fingerprint density at radius 1 is 0.877 bits per heavy atom. The second kappa shape index (κ2) is 16.0. The van der Waals surface area contributed by atoms with Crippen LogP contribution in [0.25, 0.3) is 11.2 Å². The number of rotatable bonds is 12. The van der Waals surface area contributed by atoms with Crippen molar-refractivity contribution in [3.8, 4) is 17.2 Å². The van der Waals surface area contributed by atoms with Gasteiger partial charge in [-0.2, -0.15) is 15.1 Å². The van der Waals surface area contributed by atoms with Crippen LogP contribution in [0.1, 0.15) is 53.1 Å². The maximum Gasteiger partial charge on any atom is 0.315 e. The van der Waals surface area contributed by atoms with Crippen molar-refractivity contribution in [1.82, 2.24) is 39.9 Å². The molecule has 1 saturated heterocycles. The van der Waals surface area contributed by atoms with Gasteiger partial charge < -0.3 is 56.1 Å². The Morgan fingerprint density at radius 2 is 1.60 bits per heavy atom. The van der Waals surface area contributed by atoms with Crippen LogP contribution in [0.2, 0.25) is 0 Å². The third kappa shape index (κ3) is 7.98. The number of hydrogen-bond acceptors (Lipinski definition) is 13. The normalized spacial score (nSPS) is 20.7. The van der Waals surface area contributed by atoms with E-state index in [0.29, 0.717) is 61.0 Å². The molecule has 2 fully saturated rings. The lowest BCUT2D eigenvalue weighted by Gasteiger charge is -2.22. The van der Waals surface area contributed by atoms with Crippen LogP contribution in [0.15, 0.2) is 91.5 Å². The van der Waals surface area contributed by atoms with E-state index in [9.17, 15) is 35.4 Å². The predicted octanol–water partition coefficient (Wildman–Crippen LogP) is 2.86. The number of nitrogens with one attached hydrogen (secondary N) is 3. The SMILES string of the molecule is O=C(NCc1cccc(O)c1)NC1CCN(c2nc(NCC(c3ccc(O)cc3)c3ccc(O)cc3)c3ncn([C@@H]4C[C@H](n5cc(CO)cn5)[C@@H](O)[C@H]4O)c3n2)C1. The molecule has 6 aromatic rings. The van der Waals surface area contributed by atoms with E-state index in [4.69, 9.17) is 15.0 Å². The molecule has 2 aliphatic rings. The number of carbonyl (C=O) groups excluding carboxylic acids is 1. The number of benzene rings is 3. The van der Waals surface area contributed by atoms with Crippen molar-refractivity contribution in [2.75, 3.05) is 29.9 Å². The molecule has 9 N–H and O–H groups in total. The van der Waals surface area contributed by atoms with Crippen LogP contribution in [0.4, 0.5) is 16.6 Å². The van der Waals surface area contributed by atoms with Crippen molar-refractivity contribution >= 4 is 29.0 Å². The number of aromatic hydroxyl groups is 3. The Morgan fingerprint density at radius 3 is 2.28 bits per heavy atom. The van der Waals surface area contributed by atoms with Crippen molar-refractivity contribution in [2.45, 2.75) is 62.2 Å². The second-order valence-electron chi connectivity index (χ2n) is 14.6. The molecule has 1 aliphatic heterocycles. The number of hydrogen-bond donors (Lipinski definition) is 9. The molecule has 0 bridgehead atoms. The van der Waals surface area contributed by atoms with Gasteiger partial charge in [0.1, 0.15) is 29.5 Å². The van der Waals surface area contributed by atoms with Gasteiger partial charge in [0.15, 0.2) is 17.0 Å². The van der Waals surface area contributed by atoms with E-state index >= 15 is 0 Å². The van der Waals surface area contributed by atoms with Crippen LogP contribution in [0.3, 0.4) is 0 Å². The van der Waals surface area contributed by atoms with Crippen LogP contribution in [0.5, 0.6) is 17.2 Å². The molecular weight excluding hydrogens is 733 g/mol. The van der Waals surface area contributed by atoms with Crippen molar-refractivity contribution in [2.24, 2.45) is 0 Å². The summed E-state index contributed by atoms with van der Waals surface area (Å²) >= 11 is 0. The maximum atomic E-state index is 12.9. The first kappa shape index (κ1) is 37.5. The van der Waals surface area contributed by atoms with Crippen LogP contribution in [-0.2, 0) is 13.2 Å². The molecule has 5 atom stereocenters. The van der Waals surface area contributed by atoms with Gasteiger partial charge in [0, 0.05) is 49.9 Å². The fourth-order valence-electron chi connectivity index (χ4n) is 7.76. The van der Waals surface area contributed by atoms with Gasteiger partial charge in [0.05, 0.1) is 31.2 Å². The molecule has 1 saturated carbocycles. The van der Waals surface area contributed by atoms with Gasteiger partial charge in [-0.3, -0.25) is 4.68 Å². The standard InChI is InChI=1S/C40H44N10O7/c51-21-24-17-44-50(19-24)33-15-32(35(55)36(33)56)49-22-43-34-37(41-18-31(25-4-8-28(52)9-5-25)26-6-10-29(53)11-7-26)46-39(47-38(34)49)48-13-12-27(20-48)45-40(57)42-16-23-2-1-3-30(54)14-23/h1-11,14,17,19,22,27,31-33,35-36,51-56H,12-13,15-16,18,20-21H2,(H,41,46,47)(H2,42,45,57)/t27?,32-,33+,35+,36-/m1/s1. The summed E-state index contributed by atoms with van der Waals surface area (Å²) in [6.07, 6.45) is 3.36. The van der Waals surface area contributed by atoms with Gasteiger partial charge in [-0.1, -0.05) is 36.4 Å². The fraction of sp³-hybridized carbons (Fsp3) is 0.325. The van der Waals surface area contributed by atoms with Gasteiger partial charge >= 0.3 is 6.03 Å². The summed E-state index contributed by atoms with van der Waals surface area (Å²) in [5.74, 6) is 0.980. The average molecular weight is 777 g/mol. The predicted molar refractivity (Wildman–Crippen MR) is 209 cm³/mol. The van der Waals surface area contributed by atoms with Crippen molar-refractivity contribution in [1.29, 1.82) is 0 Å². The first-order chi connectivity index (χ1) is 27.6.